The smallest absolute Gasteiger partial charge is 0.0985 e. The molecular weight excluding hydrogens is 190 g/mol. The highest BCUT2D eigenvalue weighted by Crippen LogP contribution is 2.61. The molecule has 9 heavy (non-hydrogen) atoms. The third kappa shape index (κ3) is 1.17. The molecule has 1 N–H and O–H groups in total. The van der Waals surface area contributed by atoms with Gasteiger partial charge in [-0.2, -0.15) is 0 Å². The lowest BCUT2D eigenvalue weighted by molar-refractivity contribution is 0.468. The Labute approximate surface area is 55.9 Å². The zero-order chi connectivity index (χ0) is 7.07. The maximum absolute atomic E-state index is 9.98. The van der Waals surface area contributed by atoms with Crippen LogP contribution in [0, 0.1) is 0 Å². The van der Waals surface area contributed by atoms with Gasteiger partial charge in [-0.15, -0.1) is 4.89 Å². The largest absolute Gasteiger partial charge is 0.762 e. The van der Waals surface area contributed by atoms with E-state index >= 15 is 0 Å². The molecule has 6 nitrogen and oxygen atoms in total. The molecule has 0 amide bonds. The van der Waals surface area contributed by atoms with Crippen LogP contribution in [0.25, 0.3) is 0 Å². The molecule has 0 aromatic heterocycles. The van der Waals surface area contributed by atoms with Crippen LogP contribution in [0.1, 0.15) is 0 Å². The van der Waals surface area contributed by atoms with Gasteiger partial charge in [0.25, 0.3) is 0 Å². The summed E-state index contributed by atoms with van der Waals surface area (Å²) in [5, 5.41) is 0. The monoisotopic (exact) mass is 191 g/mol. The molecule has 2 atom stereocenters. The van der Waals surface area contributed by atoms with E-state index in [4.69, 9.17) is 0 Å². The molecule has 1 aliphatic rings. The molecule has 0 saturated carbocycles. The Morgan fingerprint density at radius 1 is 1.33 bits per heavy atom. The van der Waals surface area contributed by atoms with Crippen LogP contribution in [0.5, 0.6) is 0 Å². The fraction of sp³-hybridized carbons (Fsp3) is 0. The fourth-order valence-corrected chi connectivity index (χ4v) is 2.97. The summed E-state index contributed by atoms with van der Waals surface area (Å²) in [4.78, 5) is 1.80. The molecule has 1 aliphatic heterocycles. The van der Waals surface area contributed by atoms with E-state index in [0.29, 0.717) is 0 Å². The molecular formula is HNO5S3-2. The number of hydrogen-bond donors (Lipinski definition) is 1. The molecule has 0 aromatic rings. The van der Waals surface area contributed by atoms with Crippen molar-refractivity contribution in [3.8, 4) is 0 Å². The highest BCUT2D eigenvalue weighted by Gasteiger charge is 2.43. The van der Waals surface area contributed by atoms with E-state index in [1.807, 2.05) is 0 Å². The molecule has 0 radical (unpaired) electrons. The van der Waals surface area contributed by atoms with Crippen molar-refractivity contribution in [2.75, 3.05) is 0 Å². The van der Waals surface area contributed by atoms with Gasteiger partial charge >= 0.3 is 0 Å². The maximum atomic E-state index is 9.98. The second-order valence-electron chi connectivity index (χ2n) is 1.03. The van der Waals surface area contributed by atoms with Crippen molar-refractivity contribution in [2.45, 2.75) is 0 Å². The minimum absolute atomic E-state index is 1.80. The topological polar surface area (TPSA) is 115 Å². The van der Waals surface area contributed by atoms with E-state index in [1.165, 1.54) is 0 Å². The van der Waals surface area contributed by atoms with Gasteiger partial charge in [0, 0.05) is 20.2 Å². The summed E-state index contributed by atoms with van der Waals surface area (Å²) in [5.41, 5.74) is 0. The molecule has 0 aromatic carbocycles. The van der Waals surface area contributed by atoms with Crippen LogP contribution < -0.4 is 4.89 Å². The third-order valence-electron chi connectivity index (χ3n) is 0.578. The Morgan fingerprint density at radius 2 is 1.67 bits per heavy atom. The first-order chi connectivity index (χ1) is 4.09. The summed E-state index contributed by atoms with van der Waals surface area (Å²) in [5.74, 6) is 0. The predicted molar refractivity (Wildman–Crippen MR) is 29.7 cm³/mol. The third-order valence-corrected chi connectivity index (χ3v) is 6.70. The van der Waals surface area contributed by atoms with Gasteiger partial charge in [-0.25, -0.2) is 4.28 Å². The van der Waals surface area contributed by atoms with Crippen molar-refractivity contribution in [2.24, 2.45) is 0 Å². The molecule has 0 aliphatic carbocycles. The van der Waals surface area contributed by atoms with Crippen molar-refractivity contribution in [1.82, 2.24) is 4.89 Å². The van der Waals surface area contributed by atoms with E-state index < -0.39 is 28.8 Å². The molecule has 1 fully saturated rings. The molecule has 1 heterocycles. The molecule has 2 unspecified atom stereocenters. The highest BCUT2D eigenvalue weighted by atomic mass is 33.6. The SMILES string of the molecule is O=S([O-])S1(S(=O)[O-])NO1. The molecule has 1 rings (SSSR count). The van der Waals surface area contributed by atoms with Crippen molar-refractivity contribution in [1.29, 1.82) is 0 Å². The summed E-state index contributed by atoms with van der Waals surface area (Å²) in [6.45, 7) is 0. The van der Waals surface area contributed by atoms with Gasteiger partial charge in [0.1, 0.15) is 0 Å². The van der Waals surface area contributed by atoms with Crippen LogP contribution >= 0.6 is 8.56 Å². The van der Waals surface area contributed by atoms with Crippen LogP contribution in [-0.2, 0) is 24.5 Å². The number of rotatable bonds is 2. The van der Waals surface area contributed by atoms with Gasteiger partial charge in [-0.3, -0.25) is 8.42 Å². The zero-order valence-corrected chi connectivity index (χ0v) is 6.22. The summed E-state index contributed by atoms with van der Waals surface area (Å²) in [7, 11) is -8.40. The average Bonchev–Trinajstić information content (AvgIpc) is 2.40. The summed E-state index contributed by atoms with van der Waals surface area (Å²) >= 11 is 0. The second kappa shape index (κ2) is 2.27. The number of hydrogen-bond acceptors (Lipinski definition) is 6. The average molecular weight is 191 g/mol. The Kier molecular flexibility index (Phi) is 1.91. The van der Waals surface area contributed by atoms with Crippen LogP contribution in [0.4, 0.5) is 0 Å². The Hall–Kier alpha value is 0.490. The minimum atomic E-state index is -2.98. The quantitative estimate of drug-likeness (QED) is 0.331. The van der Waals surface area contributed by atoms with Crippen LogP contribution in [0.3, 0.4) is 0 Å². The first-order valence-electron chi connectivity index (χ1n) is 1.57. The van der Waals surface area contributed by atoms with E-state index in [2.05, 4.69) is 4.28 Å². The van der Waals surface area contributed by atoms with Gasteiger partial charge < -0.3 is 9.11 Å². The molecule has 0 spiro atoms. The minimum Gasteiger partial charge on any atom is -0.762 e. The van der Waals surface area contributed by atoms with E-state index in [1.54, 1.807) is 4.89 Å². The fourth-order valence-electron chi connectivity index (χ4n) is 0.184. The normalized spacial score (nSPS) is 46.9. The molecule has 0 bridgehead atoms. The van der Waals surface area contributed by atoms with Gasteiger partial charge in [-0.05, 0) is 0 Å². The Morgan fingerprint density at radius 3 is 1.67 bits per heavy atom. The summed E-state index contributed by atoms with van der Waals surface area (Å²) < 4.78 is 44.0. The second-order valence-corrected chi connectivity index (χ2v) is 8.17. The van der Waals surface area contributed by atoms with E-state index in [9.17, 15) is 17.5 Å². The van der Waals surface area contributed by atoms with Crippen LogP contribution in [-0.4, -0.2) is 17.5 Å². The Bertz CT molecular complexity index is 155. The van der Waals surface area contributed by atoms with Gasteiger partial charge in [0.2, 0.25) is 0 Å². The Balaban J connectivity index is 2.75. The first-order valence-corrected chi connectivity index (χ1v) is 6.32. The van der Waals surface area contributed by atoms with Gasteiger partial charge in [0.15, 0.2) is 0 Å². The van der Waals surface area contributed by atoms with E-state index in [-0.39, 0.29) is 0 Å². The predicted octanol–water partition coefficient (Wildman–Crippen LogP) is -1.26. The van der Waals surface area contributed by atoms with Crippen molar-refractivity contribution in [3.63, 3.8) is 0 Å². The van der Waals surface area contributed by atoms with Crippen molar-refractivity contribution < 1.29 is 21.8 Å². The van der Waals surface area contributed by atoms with E-state index in [0.717, 1.165) is 0 Å². The van der Waals surface area contributed by atoms with Gasteiger partial charge in [-0.1, -0.05) is 0 Å². The zero-order valence-electron chi connectivity index (χ0n) is 3.77. The standard InChI is InChI=1S/H3NO5S3/c2-7(3)9(1-6-9)8(4)5/h1H,(H,2,3)(H,4,5)/p-2. The first kappa shape index (κ1) is 7.60. The van der Waals surface area contributed by atoms with Crippen LogP contribution in [0.15, 0.2) is 0 Å². The maximum Gasteiger partial charge on any atom is 0.0985 e. The lowest BCUT2D eigenvalue weighted by atomic mass is 13.6. The highest BCUT2D eigenvalue weighted by molar-refractivity contribution is 9.15. The molecule has 56 valence electrons. The van der Waals surface area contributed by atoms with Gasteiger partial charge in [0.05, 0.1) is 8.56 Å². The lowest BCUT2D eigenvalue weighted by Crippen LogP contribution is -2.00. The number of nitrogens with one attached hydrogen (secondary N) is 1. The molecule has 9 heteroatoms. The lowest BCUT2D eigenvalue weighted by Gasteiger charge is -2.17. The molecule has 1 saturated heterocycles. The summed E-state index contributed by atoms with van der Waals surface area (Å²) in [6, 6.07) is 0. The summed E-state index contributed by atoms with van der Waals surface area (Å²) in [6.07, 6.45) is 0. The van der Waals surface area contributed by atoms with Crippen molar-refractivity contribution in [3.05, 3.63) is 0 Å². The van der Waals surface area contributed by atoms with Crippen LogP contribution in [0.2, 0.25) is 0 Å². The van der Waals surface area contributed by atoms with Crippen molar-refractivity contribution >= 4 is 28.8 Å².